The van der Waals surface area contributed by atoms with Crippen LogP contribution in [0.4, 0.5) is 0 Å². The normalized spacial score (nSPS) is 15.4. The van der Waals surface area contributed by atoms with Crippen molar-refractivity contribution in [3.05, 3.63) is 56.1 Å². The molecule has 0 aliphatic heterocycles. The molecule has 1 aromatic heterocycles. The number of carbonyl (C=O) groups is 1. The second-order valence-corrected chi connectivity index (χ2v) is 7.04. The van der Waals surface area contributed by atoms with Crippen LogP contribution in [-0.4, -0.2) is 21.2 Å². The van der Waals surface area contributed by atoms with Crippen LogP contribution >= 0.6 is 39.1 Å². The van der Waals surface area contributed by atoms with Crippen LogP contribution in [0.5, 0.6) is 0 Å². The number of hydrogen-bond donors (Lipinski definition) is 1. The Morgan fingerprint density at radius 3 is 2.52 bits per heavy atom. The summed E-state index contributed by atoms with van der Waals surface area (Å²) in [5.74, 6) is -0.342. The minimum atomic E-state index is -1.09. The molecule has 0 spiro atoms. The Bertz CT molecular complexity index is 792. The summed E-state index contributed by atoms with van der Waals surface area (Å²) in [6.07, 6.45) is 1.71. The number of halogens is 3. The van der Waals surface area contributed by atoms with Gasteiger partial charge in [0.15, 0.2) is 5.82 Å². The SMILES string of the molecule is C=C(Cc1nc(C2(c3cc(Cl)c(Br)c(Cl)c3)CC2)no1)C(=O)O. The van der Waals surface area contributed by atoms with Crippen molar-refractivity contribution in [2.75, 3.05) is 0 Å². The number of aliphatic carboxylic acids is 1. The molecule has 23 heavy (non-hydrogen) atoms. The topological polar surface area (TPSA) is 76.2 Å². The zero-order chi connectivity index (χ0) is 16.8. The fourth-order valence-corrected chi connectivity index (χ4v) is 3.09. The Labute approximate surface area is 150 Å². The summed E-state index contributed by atoms with van der Waals surface area (Å²) in [6, 6.07) is 3.66. The first kappa shape index (κ1) is 16.5. The lowest BCUT2D eigenvalue weighted by Gasteiger charge is -2.13. The number of carboxylic acid groups (broad SMARTS) is 1. The molecule has 120 valence electrons. The smallest absolute Gasteiger partial charge is 0.331 e. The minimum absolute atomic E-state index is 0.000206. The molecule has 3 rings (SSSR count). The van der Waals surface area contributed by atoms with Gasteiger partial charge in [0.05, 0.1) is 26.4 Å². The zero-order valence-electron chi connectivity index (χ0n) is 11.8. The third-order valence-electron chi connectivity index (χ3n) is 3.85. The molecule has 0 bridgehead atoms. The molecule has 5 nitrogen and oxygen atoms in total. The Morgan fingerprint density at radius 1 is 1.39 bits per heavy atom. The van der Waals surface area contributed by atoms with E-state index >= 15 is 0 Å². The van der Waals surface area contributed by atoms with Crippen molar-refractivity contribution in [1.82, 2.24) is 10.1 Å². The molecule has 0 amide bonds. The van der Waals surface area contributed by atoms with Crippen LogP contribution in [0, 0.1) is 0 Å². The van der Waals surface area contributed by atoms with E-state index < -0.39 is 5.97 Å². The predicted molar refractivity (Wildman–Crippen MR) is 89.0 cm³/mol. The molecule has 1 aliphatic carbocycles. The van der Waals surface area contributed by atoms with Crippen molar-refractivity contribution in [3.63, 3.8) is 0 Å². The monoisotopic (exact) mass is 416 g/mol. The standard InChI is InChI=1S/C15H11BrCl2N2O3/c1-7(13(21)22)4-11-19-14(20-23-11)15(2-3-15)8-5-9(17)12(16)10(18)6-8/h5-6H,1-4H2,(H,21,22). The maximum Gasteiger partial charge on any atom is 0.331 e. The van der Waals surface area contributed by atoms with E-state index in [2.05, 4.69) is 32.6 Å². The first-order valence-corrected chi connectivity index (χ1v) is 8.27. The van der Waals surface area contributed by atoms with Crippen LogP contribution in [-0.2, 0) is 16.6 Å². The number of rotatable bonds is 5. The quantitative estimate of drug-likeness (QED) is 0.576. The molecule has 8 heteroatoms. The maximum atomic E-state index is 10.8. The van der Waals surface area contributed by atoms with E-state index in [1.165, 1.54) is 0 Å². The summed E-state index contributed by atoms with van der Waals surface area (Å²) in [6.45, 7) is 3.46. The average molecular weight is 418 g/mol. The van der Waals surface area contributed by atoms with Crippen LogP contribution in [0.25, 0.3) is 0 Å². The van der Waals surface area contributed by atoms with E-state index in [1.807, 2.05) is 12.1 Å². The van der Waals surface area contributed by atoms with Crippen LogP contribution in [0.1, 0.15) is 30.1 Å². The Morgan fingerprint density at radius 2 is 2.00 bits per heavy atom. The van der Waals surface area contributed by atoms with Crippen LogP contribution in [0.2, 0.25) is 10.0 Å². The van der Waals surface area contributed by atoms with Gasteiger partial charge in [-0.3, -0.25) is 0 Å². The number of aromatic nitrogens is 2. The fourth-order valence-electron chi connectivity index (χ4n) is 2.38. The van der Waals surface area contributed by atoms with Gasteiger partial charge < -0.3 is 9.63 Å². The molecule has 2 aromatic rings. The highest BCUT2D eigenvalue weighted by atomic mass is 79.9. The molecule has 1 fully saturated rings. The first-order chi connectivity index (χ1) is 10.8. The van der Waals surface area contributed by atoms with Crippen LogP contribution in [0.3, 0.4) is 0 Å². The van der Waals surface area contributed by atoms with Gasteiger partial charge in [-0.25, -0.2) is 4.79 Å². The molecule has 0 atom stereocenters. The lowest BCUT2D eigenvalue weighted by Crippen LogP contribution is -2.11. The molecule has 1 saturated carbocycles. The van der Waals surface area contributed by atoms with Crippen molar-refractivity contribution < 1.29 is 14.4 Å². The van der Waals surface area contributed by atoms with E-state index in [-0.39, 0.29) is 23.3 Å². The first-order valence-electron chi connectivity index (χ1n) is 6.72. The van der Waals surface area contributed by atoms with Gasteiger partial charge in [-0.1, -0.05) is 34.9 Å². The lowest BCUT2D eigenvalue weighted by atomic mass is 9.95. The van der Waals surface area contributed by atoms with E-state index in [1.54, 1.807) is 0 Å². The molecule has 0 radical (unpaired) electrons. The van der Waals surface area contributed by atoms with Gasteiger partial charge in [0, 0.05) is 5.57 Å². The highest BCUT2D eigenvalue weighted by Gasteiger charge is 2.50. The minimum Gasteiger partial charge on any atom is -0.478 e. The summed E-state index contributed by atoms with van der Waals surface area (Å²) < 4.78 is 5.80. The summed E-state index contributed by atoms with van der Waals surface area (Å²) in [5.41, 5.74) is 0.542. The molecule has 1 aromatic carbocycles. The molecule has 1 aliphatic rings. The van der Waals surface area contributed by atoms with E-state index in [9.17, 15) is 4.79 Å². The largest absolute Gasteiger partial charge is 0.478 e. The van der Waals surface area contributed by atoms with E-state index in [4.69, 9.17) is 32.8 Å². The van der Waals surface area contributed by atoms with Gasteiger partial charge in [-0.2, -0.15) is 4.98 Å². The highest BCUT2D eigenvalue weighted by Crippen LogP contribution is 2.53. The van der Waals surface area contributed by atoms with Gasteiger partial charge in [0.2, 0.25) is 5.89 Å². The van der Waals surface area contributed by atoms with Gasteiger partial charge in [0.1, 0.15) is 0 Å². The van der Waals surface area contributed by atoms with Crippen molar-refractivity contribution in [2.24, 2.45) is 0 Å². The number of hydrogen-bond acceptors (Lipinski definition) is 4. The highest BCUT2D eigenvalue weighted by molar-refractivity contribution is 9.10. The Kier molecular flexibility index (Phi) is 4.25. The Balaban J connectivity index is 1.91. The summed E-state index contributed by atoms with van der Waals surface area (Å²) in [7, 11) is 0. The number of carboxylic acids is 1. The van der Waals surface area contributed by atoms with Crippen molar-refractivity contribution in [2.45, 2.75) is 24.7 Å². The predicted octanol–water partition coefficient (Wildman–Crippen LogP) is 4.40. The third-order valence-corrected chi connectivity index (χ3v) is 5.76. The second-order valence-electron chi connectivity index (χ2n) is 5.43. The second kappa shape index (κ2) is 5.92. The molecular weight excluding hydrogens is 407 g/mol. The third kappa shape index (κ3) is 3.03. The van der Waals surface area contributed by atoms with E-state index in [0.717, 1.165) is 18.4 Å². The van der Waals surface area contributed by atoms with Crippen molar-refractivity contribution in [3.8, 4) is 0 Å². The molecule has 0 unspecified atom stereocenters. The summed E-state index contributed by atoms with van der Waals surface area (Å²) >= 11 is 15.7. The zero-order valence-corrected chi connectivity index (χ0v) is 14.9. The van der Waals surface area contributed by atoms with Gasteiger partial charge in [-0.15, -0.1) is 0 Å². The fraction of sp³-hybridized carbons (Fsp3) is 0.267. The molecule has 1 N–H and O–H groups in total. The number of nitrogens with zero attached hydrogens (tertiary/aromatic N) is 2. The average Bonchev–Trinajstić information content (AvgIpc) is 3.18. The van der Waals surface area contributed by atoms with Crippen molar-refractivity contribution in [1.29, 1.82) is 0 Å². The van der Waals surface area contributed by atoms with Crippen LogP contribution < -0.4 is 0 Å². The molecular formula is C15H11BrCl2N2O3. The number of benzene rings is 1. The summed E-state index contributed by atoms with van der Waals surface area (Å²) in [5, 5.41) is 13.9. The summed E-state index contributed by atoms with van der Waals surface area (Å²) in [4.78, 5) is 15.1. The van der Waals surface area contributed by atoms with E-state index in [0.29, 0.717) is 20.3 Å². The lowest BCUT2D eigenvalue weighted by molar-refractivity contribution is -0.132. The van der Waals surface area contributed by atoms with Gasteiger partial charge in [0.25, 0.3) is 0 Å². The van der Waals surface area contributed by atoms with Gasteiger partial charge in [-0.05, 0) is 46.5 Å². The van der Waals surface area contributed by atoms with Gasteiger partial charge >= 0.3 is 5.97 Å². The maximum absolute atomic E-state index is 10.8. The van der Waals surface area contributed by atoms with Crippen molar-refractivity contribution >= 4 is 45.1 Å². The Hall–Kier alpha value is -1.37. The van der Waals surface area contributed by atoms with Crippen LogP contribution in [0.15, 0.2) is 33.3 Å². The molecule has 0 saturated heterocycles. The molecule has 1 heterocycles.